The molecule has 0 aromatic heterocycles. The molecule has 0 aliphatic carbocycles. The van der Waals surface area contributed by atoms with Crippen molar-refractivity contribution >= 4 is 25.6 Å². The predicted octanol–water partition coefficient (Wildman–Crippen LogP) is 2.39. The Balaban J connectivity index is 2.83. The average molecular weight is 290 g/mol. The molecule has 0 heterocycles. The number of halogens is 1. The van der Waals surface area contributed by atoms with Crippen LogP contribution in [0.5, 0.6) is 0 Å². The number of rotatable bonds is 4. The summed E-state index contributed by atoms with van der Waals surface area (Å²) >= 11 is 0. The van der Waals surface area contributed by atoms with E-state index in [1.165, 1.54) is 24.3 Å². The summed E-state index contributed by atoms with van der Waals surface area (Å²) in [5.41, 5.74) is 0.409. The van der Waals surface area contributed by atoms with Crippen LogP contribution in [0.25, 0.3) is 0 Å². The van der Waals surface area contributed by atoms with Gasteiger partial charge in [0.2, 0.25) is 0 Å². The third-order valence-electron chi connectivity index (χ3n) is 2.76. The van der Waals surface area contributed by atoms with Crippen molar-refractivity contribution in [3.05, 3.63) is 29.8 Å². The molecule has 100 valence electrons. The number of carbonyl (C=O) groups is 1. The zero-order valence-electron chi connectivity index (χ0n) is 10.5. The molecule has 1 aromatic rings. The van der Waals surface area contributed by atoms with Crippen LogP contribution in [-0.4, -0.2) is 20.4 Å². The largest absolute Gasteiger partial charge is 0.349 e. The quantitative estimate of drug-likeness (QED) is 0.866. The lowest BCUT2D eigenvalue weighted by atomic mass is 10.1. The van der Waals surface area contributed by atoms with Gasteiger partial charge in [0.25, 0.3) is 15.0 Å². The fourth-order valence-corrected chi connectivity index (χ4v) is 2.00. The minimum absolute atomic E-state index is 0.0161. The lowest BCUT2D eigenvalue weighted by molar-refractivity contribution is 0.0930. The van der Waals surface area contributed by atoms with Crippen LogP contribution in [0, 0.1) is 5.92 Å². The van der Waals surface area contributed by atoms with Crippen LogP contribution in [-0.2, 0) is 9.05 Å². The Morgan fingerprint density at radius 1 is 1.17 bits per heavy atom. The first-order valence-corrected chi connectivity index (χ1v) is 7.88. The van der Waals surface area contributed by atoms with Crippen LogP contribution in [0.2, 0.25) is 0 Å². The fraction of sp³-hybridized carbons (Fsp3) is 0.417. The van der Waals surface area contributed by atoms with E-state index in [2.05, 4.69) is 5.32 Å². The van der Waals surface area contributed by atoms with Gasteiger partial charge in [-0.2, -0.15) is 0 Å². The summed E-state index contributed by atoms with van der Waals surface area (Å²) in [6, 6.07) is 5.57. The molecule has 0 saturated heterocycles. The third kappa shape index (κ3) is 3.99. The summed E-state index contributed by atoms with van der Waals surface area (Å²) in [6.07, 6.45) is 0. The van der Waals surface area contributed by atoms with E-state index in [0.29, 0.717) is 11.5 Å². The Hall–Kier alpha value is -1.07. The number of hydrogen-bond acceptors (Lipinski definition) is 3. The summed E-state index contributed by atoms with van der Waals surface area (Å²) < 4.78 is 22.1. The average Bonchev–Trinajstić information content (AvgIpc) is 2.27. The van der Waals surface area contributed by atoms with Crippen LogP contribution < -0.4 is 5.32 Å². The lowest BCUT2D eigenvalue weighted by Crippen LogP contribution is -2.36. The molecule has 0 fully saturated rings. The molecule has 0 radical (unpaired) electrons. The molecule has 18 heavy (non-hydrogen) atoms. The maximum Gasteiger partial charge on any atom is 0.261 e. The van der Waals surface area contributed by atoms with Gasteiger partial charge in [0.1, 0.15) is 0 Å². The molecule has 0 spiro atoms. The lowest BCUT2D eigenvalue weighted by Gasteiger charge is -2.17. The van der Waals surface area contributed by atoms with E-state index in [-0.39, 0.29) is 16.8 Å². The topological polar surface area (TPSA) is 63.2 Å². The molecule has 0 saturated carbocycles. The van der Waals surface area contributed by atoms with Crippen molar-refractivity contribution in [2.75, 3.05) is 0 Å². The first-order chi connectivity index (χ1) is 8.21. The molecule has 0 aliphatic heterocycles. The standard InChI is InChI=1S/C12H16ClNO3S/c1-8(2)9(3)14-12(15)10-4-6-11(7-5-10)18(13,16)17/h4-9H,1-3H3,(H,14,15). The summed E-state index contributed by atoms with van der Waals surface area (Å²) in [6.45, 7) is 5.93. The van der Waals surface area contributed by atoms with Crippen molar-refractivity contribution in [1.82, 2.24) is 5.32 Å². The van der Waals surface area contributed by atoms with E-state index >= 15 is 0 Å². The molecule has 0 bridgehead atoms. The monoisotopic (exact) mass is 289 g/mol. The van der Waals surface area contributed by atoms with E-state index in [1.54, 1.807) is 0 Å². The van der Waals surface area contributed by atoms with Gasteiger partial charge in [-0.05, 0) is 37.1 Å². The third-order valence-corrected chi connectivity index (χ3v) is 4.13. The van der Waals surface area contributed by atoms with Crippen molar-refractivity contribution < 1.29 is 13.2 Å². The minimum atomic E-state index is -3.74. The number of nitrogens with one attached hydrogen (secondary N) is 1. The molecule has 1 N–H and O–H groups in total. The van der Waals surface area contributed by atoms with Gasteiger partial charge in [0.05, 0.1) is 4.90 Å². The van der Waals surface area contributed by atoms with Gasteiger partial charge in [-0.15, -0.1) is 0 Å². The van der Waals surface area contributed by atoms with E-state index < -0.39 is 9.05 Å². The van der Waals surface area contributed by atoms with Gasteiger partial charge in [0, 0.05) is 22.3 Å². The highest BCUT2D eigenvalue weighted by Gasteiger charge is 2.14. The minimum Gasteiger partial charge on any atom is -0.349 e. The highest BCUT2D eigenvalue weighted by molar-refractivity contribution is 8.13. The van der Waals surface area contributed by atoms with Crippen LogP contribution >= 0.6 is 10.7 Å². The van der Waals surface area contributed by atoms with Crippen molar-refractivity contribution in [2.45, 2.75) is 31.7 Å². The summed E-state index contributed by atoms with van der Waals surface area (Å²) in [5, 5.41) is 2.83. The Labute approximate surface area is 112 Å². The molecule has 1 unspecified atom stereocenters. The van der Waals surface area contributed by atoms with Crippen molar-refractivity contribution in [3.63, 3.8) is 0 Å². The molecule has 0 aliphatic rings. The molecular formula is C12H16ClNO3S. The van der Waals surface area contributed by atoms with Crippen LogP contribution in [0.15, 0.2) is 29.2 Å². The first-order valence-electron chi connectivity index (χ1n) is 5.57. The van der Waals surface area contributed by atoms with Gasteiger partial charge in [-0.1, -0.05) is 13.8 Å². The van der Waals surface area contributed by atoms with E-state index in [1.807, 2.05) is 20.8 Å². The van der Waals surface area contributed by atoms with Crippen molar-refractivity contribution in [3.8, 4) is 0 Å². The second-order valence-corrected chi connectivity index (χ2v) is 7.03. The second-order valence-electron chi connectivity index (χ2n) is 4.47. The Bertz CT molecular complexity index is 523. The van der Waals surface area contributed by atoms with Crippen molar-refractivity contribution in [2.24, 2.45) is 5.92 Å². The zero-order valence-corrected chi connectivity index (χ0v) is 12.0. The fourth-order valence-electron chi connectivity index (χ4n) is 1.23. The zero-order chi connectivity index (χ0) is 13.9. The van der Waals surface area contributed by atoms with Gasteiger partial charge >= 0.3 is 0 Å². The van der Waals surface area contributed by atoms with Crippen LogP contribution in [0.4, 0.5) is 0 Å². The highest BCUT2D eigenvalue weighted by Crippen LogP contribution is 2.15. The number of amides is 1. The first kappa shape index (κ1) is 15.0. The number of hydrogen-bond donors (Lipinski definition) is 1. The molecule has 1 amide bonds. The Morgan fingerprint density at radius 2 is 1.67 bits per heavy atom. The SMILES string of the molecule is CC(C)C(C)NC(=O)c1ccc(S(=O)(=O)Cl)cc1. The predicted molar refractivity (Wildman–Crippen MR) is 71.2 cm³/mol. The van der Waals surface area contributed by atoms with Gasteiger partial charge in [-0.25, -0.2) is 8.42 Å². The summed E-state index contributed by atoms with van der Waals surface area (Å²) in [7, 11) is 1.45. The maximum absolute atomic E-state index is 11.8. The molecule has 4 nitrogen and oxygen atoms in total. The summed E-state index contributed by atoms with van der Waals surface area (Å²) in [5.74, 6) is 0.103. The van der Waals surface area contributed by atoms with Gasteiger partial charge in [-0.3, -0.25) is 4.79 Å². The Kier molecular flexibility index (Phi) is 4.76. The molecule has 6 heteroatoms. The number of benzene rings is 1. The van der Waals surface area contributed by atoms with Crippen LogP contribution in [0.3, 0.4) is 0 Å². The smallest absolute Gasteiger partial charge is 0.261 e. The Morgan fingerprint density at radius 3 is 2.06 bits per heavy atom. The molecule has 1 aromatic carbocycles. The van der Waals surface area contributed by atoms with E-state index in [9.17, 15) is 13.2 Å². The molecule has 1 atom stereocenters. The van der Waals surface area contributed by atoms with Gasteiger partial charge in [0.15, 0.2) is 0 Å². The molecule has 1 rings (SSSR count). The van der Waals surface area contributed by atoms with Crippen LogP contribution in [0.1, 0.15) is 31.1 Å². The van der Waals surface area contributed by atoms with E-state index in [4.69, 9.17) is 10.7 Å². The summed E-state index contributed by atoms with van der Waals surface area (Å²) in [4.78, 5) is 11.8. The van der Waals surface area contributed by atoms with Crippen molar-refractivity contribution in [1.29, 1.82) is 0 Å². The number of carbonyl (C=O) groups excluding carboxylic acids is 1. The van der Waals surface area contributed by atoms with Gasteiger partial charge < -0.3 is 5.32 Å². The normalized spacial score (nSPS) is 13.4. The second kappa shape index (κ2) is 5.71. The highest BCUT2D eigenvalue weighted by atomic mass is 35.7. The maximum atomic E-state index is 11.8. The van der Waals surface area contributed by atoms with E-state index in [0.717, 1.165) is 0 Å². The molecular weight excluding hydrogens is 274 g/mol.